The monoisotopic (exact) mass is 386 g/mol. The van der Waals surface area contributed by atoms with Crippen LogP contribution in [0, 0.1) is 11.8 Å². The van der Waals surface area contributed by atoms with E-state index in [-0.39, 0.29) is 16.2 Å². The molecular formula is C27H34N2. The van der Waals surface area contributed by atoms with Crippen LogP contribution in [0.25, 0.3) is 0 Å². The molecule has 29 heavy (non-hydrogen) atoms. The van der Waals surface area contributed by atoms with Gasteiger partial charge in [0.25, 0.3) is 0 Å². The van der Waals surface area contributed by atoms with Gasteiger partial charge >= 0.3 is 0 Å². The van der Waals surface area contributed by atoms with E-state index >= 15 is 0 Å². The predicted molar refractivity (Wildman–Crippen MR) is 123 cm³/mol. The molecule has 0 saturated heterocycles. The lowest BCUT2D eigenvalue weighted by Gasteiger charge is -2.30. The summed E-state index contributed by atoms with van der Waals surface area (Å²) in [6, 6.07) is 9.04. The average Bonchev–Trinajstić information content (AvgIpc) is 3.50. The van der Waals surface area contributed by atoms with Gasteiger partial charge < -0.3 is 9.97 Å². The van der Waals surface area contributed by atoms with Gasteiger partial charge in [-0.2, -0.15) is 0 Å². The average molecular weight is 387 g/mol. The minimum Gasteiger partial charge on any atom is -0.361 e. The van der Waals surface area contributed by atoms with Crippen LogP contribution in [0.3, 0.4) is 0 Å². The van der Waals surface area contributed by atoms with Crippen molar-refractivity contribution in [2.75, 3.05) is 0 Å². The lowest BCUT2D eigenvalue weighted by molar-refractivity contribution is 0.431. The number of hydrogen-bond donors (Lipinski definition) is 2. The lowest BCUT2D eigenvalue weighted by atomic mass is 9.77. The first kappa shape index (κ1) is 19.8. The molecule has 2 heteroatoms. The minimum absolute atomic E-state index is 0.0435. The molecule has 0 atom stereocenters. The molecule has 0 radical (unpaired) electrons. The molecule has 2 nitrogen and oxygen atoms in total. The van der Waals surface area contributed by atoms with E-state index in [2.05, 4.69) is 124 Å². The zero-order chi connectivity index (χ0) is 20.9. The second kappa shape index (κ2) is 6.79. The molecule has 0 bridgehead atoms. The molecule has 2 aromatic rings. The number of nitrogens with one attached hydrogen (secondary N) is 2. The van der Waals surface area contributed by atoms with Crippen molar-refractivity contribution in [3.63, 3.8) is 0 Å². The van der Waals surface area contributed by atoms with Crippen molar-refractivity contribution in [2.45, 2.75) is 57.8 Å². The summed E-state index contributed by atoms with van der Waals surface area (Å²) in [6.07, 6.45) is 17.8. The van der Waals surface area contributed by atoms with Crippen LogP contribution in [0.5, 0.6) is 0 Å². The van der Waals surface area contributed by atoms with Crippen LogP contribution in [0.1, 0.15) is 64.3 Å². The van der Waals surface area contributed by atoms with Gasteiger partial charge in [0.1, 0.15) is 0 Å². The Morgan fingerprint density at radius 2 is 0.828 bits per heavy atom. The second-order valence-electron chi connectivity index (χ2n) is 10.2. The SMILES string of the molecule is CC(C)(c1ccc(C(C)(C)C2C=CC=C2)[nH]1)c1ccc(C(C)(C)C2C=CC=C2)[nH]1. The van der Waals surface area contributed by atoms with Crippen LogP contribution in [0.15, 0.2) is 72.9 Å². The Labute approximate surface area is 175 Å². The third kappa shape index (κ3) is 3.29. The van der Waals surface area contributed by atoms with Gasteiger partial charge in [-0.1, -0.05) is 76.3 Å². The van der Waals surface area contributed by atoms with Crippen LogP contribution < -0.4 is 0 Å². The van der Waals surface area contributed by atoms with Crippen LogP contribution in [0.2, 0.25) is 0 Å². The van der Waals surface area contributed by atoms with Gasteiger partial charge in [-0.05, 0) is 38.1 Å². The summed E-state index contributed by atoms with van der Waals surface area (Å²) in [5.74, 6) is 0.866. The van der Waals surface area contributed by atoms with Gasteiger partial charge in [0.05, 0.1) is 0 Å². The summed E-state index contributed by atoms with van der Waals surface area (Å²) >= 11 is 0. The highest BCUT2D eigenvalue weighted by Crippen LogP contribution is 2.40. The molecule has 2 heterocycles. The van der Waals surface area contributed by atoms with Gasteiger partial charge in [-0.15, -0.1) is 0 Å². The van der Waals surface area contributed by atoms with Gasteiger partial charge in [-0.25, -0.2) is 0 Å². The molecule has 0 unspecified atom stereocenters. The molecule has 0 fully saturated rings. The molecule has 0 aliphatic heterocycles. The van der Waals surface area contributed by atoms with Crippen molar-refractivity contribution in [3.8, 4) is 0 Å². The summed E-state index contributed by atoms with van der Waals surface area (Å²) in [6.45, 7) is 13.9. The highest BCUT2D eigenvalue weighted by atomic mass is 14.8. The van der Waals surface area contributed by atoms with Crippen LogP contribution in [-0.2, 0) is 16.2 Å². The Bertz CT molecular complexity index is 897. The van der Waals surface area contributed by atoms with E-state index in [1.165, 1.54) is 22.8 Å². The second-order valence-corrected chi connectivity index (χ2v) is 10.2. The van der Waals surface area contributed by atoms with E-state index in [4.69, 9.17) is 0 Å². The van der Waals surface area contributed by atoms with E-state index in [9.17, 15) is 0 Å². The van der Waals surface area contributed by atoms with Crippen LogP contribution >= 0.6 is 0 Å². The normalized spacial score (nSPS) is 17.9. The molecule has 152 valence electrons. The lowest BCUT2D eigenvalue weighted by Crippen LogP contribution is -2.27. The molecule has 2 aliphatic carbocycles. The minimum atomic E-state index is -0.120. The molecule has 0 aromatic carbocycles. The fourth-order valence-electron chi connectivity index (χ4n) is 4.60. The Kier molecular flexibility index (Phi) is 4.64. The molecule has 2 aromatic heterocycles. The number of aromatic amines is 2. The van der Waals surface area contributed by atoms with Gasteiger partial charge in [0, 0.05) is 50.9 Å². The molecule has 0 spiro atoms. The molecule has 2 N–H and O–H groups in total. The Morgan fingerprint density at radius 1 is 0.517 bits per heavy atom. The molecule has 4 rings (SSSR count). The predicted octanol–water partition coefficient (Wildman–Crippen LogP) is 6.71. The number of aromatic nitrogens is 2. The van der Waals surface area contributed by atoms with Gasteiger partial charge in [0.2, 0.25) is 0 Å². The summed E-state index contributed by atoms with van der Waals surface area (Å²) < 4.78 is 0. The van der Waals surface area contributed by atoms with E-state index in [0.29, 0.717) is 11.8 Å². The highest BCUT2D eigenvalue weighted by Gasteiger charge is 2.35. The Hall–Kier alpha value is -2.48. The van der Waals surface area contributed by atoms with Gasteiger partial charge in [-0.3, -0.25) is 0 Å². The van der Waals surface area contributed by atoms with E-state index in [0.717, 1.165) is 0 Å². The summed E-state index contributed by atoms with van der Waals surface area (Å²) in [7, 11) is 0. The van der Waals surface area contributed by atoms with Crippen molar-refractivity contribution in [1.29, 1.82) is 0 Å². The Morgan fingerprint density at radius 3 is 1.17 bits per heavy atom. The fourth-order valence-corrected chi connectivity index (χ4v) is 4.60. The molecule has 0 amide bonds. The number of H-pyrrole nitrogens is 2. The molecule has 0 saturated carbocycles. The fraction of sp³-hybridized carbons (Fsp3) is 0.407. The third-order valence-corrected chi connectivity index (χ3v) is 7.27. The first-order valence-corrected chi connectivity index (χ1v) is 10.7. The Balaban J connectivity index is 1.61. The van der Waals surface area contributed by atoms with Crippen molar-refractivity contribution in [2.24, 2.45) is 11.8 Å². The number of hydrogen-bond acceptors (Lipinski definition) is 0. The van der Waals surface area contributed by atoms with Crippen molar-refractivity contribution >= 4 is 0 Å². The summed E-state index contributed by atoms with van der Waals surface area (Å²) in [5, 5.41) is 0. The van der Waals surface area contributed by atoms with E-state index in [1.54, 1.807) is 0 Å². The zero-order valence-corrected chi connectivity index (χ0v) is 18.6. The third-order valence-electron chi connectivity index (χ3n) is 7.27. The maximum Gasteiger partial charge on any atom is 0.0447 e. The number of allylic oxidation sites excluding steroid dienone is 8. The molecular weight excluding hydrogens is 352 g/mol. The number of rotatable bonds is 6. The summed E-state index contributed by atoms with van der Waals surface area (Å²) in [4.78, 5) is 7.52. The quantitative estimate of drug-likeness (QED) is 0.553. The first-order chi connectivity index (χ1) is 13.6. The largest absolute Gasteiger partial charge is 0.361 e. The standard InChI is InChI=1S/C27H34N2/c1-25(2,19-11-7-8-12-19)21-15-17-23(28-21)27(5,6)24-18-16-22(29-24)26(3,4)20-13-9-10-14-20/h7-20,28-29H,1-6H3. The zero-order valence-electron chi connectivity index (χ0n) is 18.6. The van der Waals surface area contributed by atoms with Crippen molar-refractivity contribution in [1.82, 2.24) is 9.97 Å². The van der Waals surface area contributed by atoms with E-state index < -0.39 is 0 Å². The molecule has 2 aliphatic rings. The van der Waals surface area contributed by atoms with Gasteiger partial charge in [0.15, 0.2) is 0 Å². The topological polar surface area (TPSA) is 31.6 Å². The maximum absolute atomic E-state index is 3.76. The van der Waals surface area contributed by atoms with Crippen LogP contribution in [-0.4, -0.2) is 9.97 Å². The van der Waals surface area contributed by atoms with Crippen molar-refractivity contribution < 1.29 is 0 Å². The van der Waals surface area contributed by atoms with E-state index in [1.807, 2.05) is 0 Å². The first-order valence-electron chi connectivity index (χ1n) is 10.7. The summed E-state index contributed by atoms with van der Waals surface area (Å²) in [5.41, 5.74) is 5.04. The van der Waals surface area contributed by atoms with Crippen molar-refractivity contribution in [3.05, 3.63) is 95.6 Å². The highest BCUT2D eigenvalue weighted by molar-refractivity contribution is 5.38. The maximum atomic E-state index is 3.76. The van der Waals surface area contributed by atoms with Crippen LogP contribution in [0.4, 0.5) is 0 Å². The smallest absolute Gasteiger partial charge is 0.0447 e.